The number of rotatable bonds is 2. The second-order valence-corrected chi connectivity index (χ2v) is 5.70. The van der Waals surface area contributed by atoms with E-state index in [1.54, 1.807) is 6.07 Å². The van der Waals surface area contributed by atoms with Crippen LogP contribution in [0.5, 0.6) is 11.6 Å². The summed E-state index contributed by atoms with van der Waals surface area (Å²) >= 11 is 0. The minimum absolute atomic E-state index is 0.101. The van der Waals surface area contributed by atoms with Crippen molar-refractivity contribution in [2.24, 2.45) is 0 Å². The first-order valence-corrected chi connectivity index (χ1v) is 6.38. The van der Waals surface area contributed by atoms with E-state index in [1.807, 2.05) is 31.2 Å². The lowest BCUT2D eigenvalue weighted by Gasteiger charge is -2.19. The van der Waals surface area contributed by atoms with Crippen LogP contribution in [0.15, 0.2) is 36.4 Å². The number of benzene rings is 1. The van der Waals surface area contributed by atoms with Crippen LogP contribution < -0.4 is 10.5 Å². The fraction of sp³-hybridized carbons (Fsp3) is 0.312. The summed E-state index contributed by atoms with van der Waals surface area (Å²) in [7, 11) is 0. The average Bonchev–Trinajstić information content (AvgIpc) is 2.33. The lowest BCUT2D eigenvalue weighted by molar-refractivity contribution is 0.458. The first-order chi connectivity index (χ1) is 8.86. The van der Waals surface area contributed by atoms with Crippen LogP contribution in [0, 0.1) is 6.92 Å². The van der Waals surface area contributed by atoms with Crippen LogP contribution in [-0.4, -0.2) is 4.98 Å². The van der Waals surface area contributed by atoms with Crippen LogP contribution in [0.2, 0.25) is 0 Å². The molecule has 2 N–H and O–H groups in total. The summed E-state index contributed by atoms with van der Waals surface area (Å²) in [6, 6.07) is 11.7. The molecule has 2 rings (SSSR count). The molecule has 0 fully saturated rings. The second kappa shape index (κ2) is 4.92. The SMILES string of the molecule is Cc1nc(Oc2cccc(C(C)(C)C)c2)ccc1N. The standard InChI is InChI=1S/C16H20N2O/c1-11-14(17)8-9-15(18-11)19-13-7-5-6-12(10-13)16(2,3)4/h5-10H,17H2,1-4H3. The van der Waals surface area contributed by atoms with Crippen molar-refractivity contribution in [1.29, 1.82) is 0 Å². The molecule has 19 heavy (non-hydrogen) atoms. The number of anilines is 1. The summed E-state index contributed by atoms with van der Waals surface area (Å²) in [6.07, 6.45) is 0. The quantitative estimate of drug-likeness (QED) is 0.881. The molecule has 1 aromatic heterocycles. The Morgan fingerprint density at radius 2 is 1.84 bits per heavy atom. The molecule has 3 nitrogen and oxygen atoms in total. The van der Waals surface area contributed by atoms with E-state index in [1.165, 1.54) is 5.56 Å². The highest BCUT2D eigenvalue weighted by molar-refractivity contribution is 5.44. The molecule has 0 radical (unpaired) electrons. The van der Waals surface area contributed by atoms with Crippen LogP contribution in [0.4, 0.5) is 5.69 Å². The summed E-state index contributed by atoms with van der Waals surface area (Å²) in [5, 5.41) is 0. The molecule has 0 spiro atoms. The van der Waals surface area contributed by atoms with Crippen molar-refractivity contribution in [2.75, 3.05) is 5.73 Å². The maximum absolute atomic E-state index is 5.78. The van der Waals surface area contributed by atoms with E-state index < -0.39 is 0 Å². The van der Waals surface area contributed by atoms with Crippen molar-refractivity contribution in [2.45, 2.75) is 33.1 Å². The smallest absolute Gasteiger partial charge is 0.219 e. The van der Waals surface area contributed by atoms with Crippen molar-refractivity contribution >= 4 is 5.69 Å². The topological polar surface area (TPSA) is 48.1 Å². The zero-order valence-electron chi connectivity index (χ0n) is 11.9. The lowest BCUT2D eigenvalue weighted by atomic mass is 9.87. The Hall–Kier alpha value is -2.03. The predicted molar refractivity (Wildman–Crippen MR) is 78.6 cm³/mol. The highest BCUT2D eigenvalue weighted by Gasteiger charge is 2.14. The number of pyridine rings is 1. The van der Waals surface area contributed by atoms with Crippen molar-refractivity contribution in [3.05, 3.63) is 47.7 Å². The maximum atomic E-state index is 5.78. The molecular weight excluding hydrogens is 236 g/mol. The maximum Gasteiger partial charge on any atom is 0.219 e. The number of hydrogen-bond acceptors (Lipinski definition) is 3. The van der Waals surface area contributed by atoms with Crippen LogP contribution in [0.25, 0.3) is 0 Å². The van der Waals surface area contributed by atoms with Gasteiger partial charge in [0.1, 0.15) is 5.75 Å². The lowest BCUT2D eigenvalue weighted by Crippen LogP contribution is -2.10. The fourth-order valence-electron chi connectivity index (χ4n) is 1.75. The summed E-state index contributed by atoms with van der Waals surface area (Å²) < 4.78 is 5.78. The Balaban J connectivity index is 2.26. The number of nitrogen functional groups attached to an aromatic ring is 1. The van der Waals surface area contributed by atoms with Crippen LogP contribution in [0.1, 0.15) is 32.0 Å². The molecule has 0 bridgehead atoms. The highest BCUT2D eigenvalue weighted by atomic mass is 16.5. The normalized spacial score (nSPS) is 11.4. The van der Waals surface area contributed by atoms with Crippen molar-refractivity contribution in [3.8, 4) is 11.6 Å². The molecule has 0 atom stereocenters. The van der Waals surface area contributed by atoms with Crippen molar-refractivity contribution in [1.82, 2.24) is 4.98 Å². The molecular formula is C16H20N2O. The molecule has 0 aliphatic carbocycles. The summed E-state index contributed by atoms with van der Waals surface area (Å²) in [5.74, 6) is 1.36. The van der Waals surface area contributed by atoms with Gasteiger partial charge in [0.15, 0.2) is 0 Å². The van der Waals surface area contributed by atoms with Gasteiger partial charge in [0.05, 0.1) is 11.4 Å². The third-order valence-electron chi connectivity index (χ3n) is 3.02. The highest BCUT2D eigenvalue weighted by Crippen LogP contribution is 2.28. The van der Waals surface area contributed by atoms with E-state index in [9.17, 15) is 0 Å². The minimum atomic E-state index is 0.101. The zero-order valence-corrected chi connectivity index (χ0v) is 11.9. The monoisotopic (exact) mass is 256 g/mol. The number of hydrogen-bond donors (Lipinski definition) is 1. The molecule has 3 heteroatoms. The van der Waals surface area contributed by atoms with Crippen LogP contribution in [-0.2, 0) is 5.41 Å². The number of nitrogens with zero attached hydrogens (tertiary/aromatic N) is 1. The van der Waals surface area contributed by atoms with Gasteiger partial charge in [0.25, 0.3) is 0 Å². The van der Waals surface area contributed by atoms with Gasteiger partial charge < -0.3 is 10.5 Å². The minimum Gasteiger partial charge on any atom is -0.439 e. The Morgan fingerprint density at radius 3 is 2.47 bits per heavy atom. The number of aryl methyl sites for hydroxylation is 1. The molecule has 2 aromatic rings. The molecule has 1 aromatic carbocycles. The third kappa shape index (κ3) is 3.25. The van der Waals surface area contributed by atoms with Gasteiger partial charge in [0.2, 0.25) is 5.88 Å². The third-order valence-corrected chi connectivity index (χ3v) is 3.02. The molecule has 100 valence electrons. The summed E-state index contributed by atoms with van der Waals surface area (Å²) in [6.45, 7) is 8.40. The molecule has 1 heterocycles. The Kier molecular flexibility index (Phi) is 3.47. The number of nitrogens with two attached hydrogens (primary N) is 1. The molecule has 0 aliphatic heterocycles. The van der Waals surface area contributed by atoms with Crippen molar-refractivity contribution in [3.63, 3.8) is 0 Å². The summed E-state index contributed by atoms with van der Waals surface area (Å²) in [4.78, 5) is 4.31. The van der Waals surface area contributed by atoms with E-state index in [0.29, 0.717) is 11.6 Å². The Bertz CT molecular complexity index is 586. The van der Waals surface area contributed by atoms with Gasteiger partial charge in [-0.05, 0) is 36.1 Å². The van der Waals surface area contributed by atoms with Crippen LogP contribution >= 0.6 is 0 Å². The van der Waals surface area contributed by atoms with Gasteiger partial charge in [-0.1, -0.05) is 32.9 Å². The van der Waals surface area contributed by atoms with Gasteiger partial charge in [0, 0.05) is 6.07 Å². The average molecular weight is 256 g/mol. The molecule has 0 unspecified atom stereocenters. The van der Waals surface area contributed by atoms with E-state index in [4.69, 9.17) is 10.5 Å². The fourth-order valence-corrected chi connectivity index (χ4v) is 1.75. The Labute approximate surface area is 114 Å². The van der Waals surface area contributed by atoms with Gasteiger partial charge in [-0.3, -0.25) is 0 Å². The van der Waals surface area contributed by atoms with E-state index in [-0.39, 0.29) is 5.41 Å². The zero-order chi connectivity index (χ0) is 14.0. The largest absolute Gasteiger partial charge is 0.439 e. The second-order valence-electron chi connectivity index (χ2n) is 5.70. The van der Waals surface area contributed by atoms with Gasteiger partial charge in [-0.2, -0.15) is 0 Å². The van der Waals surface area contributed by atoms with Crippen molar-refractivity contribution < 1.29 is 4.74 Å². The number of aromatic nitrogens is 1. The molecule has 0 saturated carbocycles. The van der Waals surface area contributed by atoms with Gasteiger partial charge >= 0.3 is 0 Å². The first-order valence-electron chi connectivity index (χ1n) is 6.38. The Morgan fingerprint density at radius 1 is 1.11 bits per heavy atom. The van der Waals surface area contributed by atoms with E-state index in [2.05, 4.69) is 31.8 Å². The van der Waals surface area contributed by atoms with E-state index in [0.717, 1.165) is 11.4 Å². The van der Waals surface area contributed by atoms with Gasteiger partial charge in [-0.25, -0.2) is 4.98 Å². The van der Waals surface area contributed by atoms with Gasteiger partial charge in [-0.15, -0.1) is 0 Å². The molecule has 0 saturated heterocycles. The molecule has 0 amide bonds. The predicted octanol–water partition coefficient (Wildman–Crippen LogP) is 4.06. The first kappa shape index (κ1) is 13.4. The van der Waals surface area contributed by atoms with Crippen LogP contribution in [0.3, 0.4) is 0 Å². The number of ether oxygens (including phenoxy) is 1. The molecule has 0 aliphatic rings. The van der Waals surface area contributed by atoms with E-state index >= 15 is 0 Å². The summed E-state index contributed by atoms with van der Waals surface area (Å²) in [5.41, 5.74) is 8.54.